The fraction of sp³-hybridized carbons (Fsp3) is 0.250. The minimum absolute atomic E-state index is 0.113. The minimum atomic E-state index is -0.537. The molecule has 1 heterocycles. The van der Waals surface area contributed by atoms with Gasteiger partial charge in [0, 0.05) is 10.6 Å². The summed E-state index contributed by atoms with van der Waals surface area (Å²) in [6.45, 7) is 0. The topological polar surface area (TPSA) is 56.1 Å². The van der Waals surface area contributed by atoms with Crippen LogP contribution in [0.1, 0.15) is 66.1 Å². The molecular weight excluding hydrogens is 548 g/mol. The largest absolute Gasteiger partial charge is 0.414 e. The highest BCUT2D eigenvalue weighted by Crippen LogP contribution is 2.39. The van der Waals surface area contributed by atoms with E-state index in [1.807, 2.05) is 18.2 Å². The Morgan fingerprint density at radius 1 is 1.00 bits per heavy atom. The molecule has 0 fully saturated rings. The summed E-state index contributed by atoms with van der Waals surface area (Å²) in [5, 5.41) is 8.79. The van der Waals surface area contributed by atoms with Crippen molar-refractivity contribution < 1.29 is 13.9 Å². The van der Waals surface area contributed by atoms with E-state index in [0.717, 1.165) is 66.5 Å². The van der Waals surface area contributed by atoms with Crippen molar-refractivity contribution in [3.05, 3.63) is 111 Å². The van der Waals surface area contributed by atoms with Crippen LogP contribution in [0.25, 0.3) is 17.3 Å². The molecule has 2 aliphatic rings. The molecule has 2 aliphatic carbocycles. The minimum Gasteiger partial charge on any atom is -0.389 e. The monoisotopic (exact) mass is 575 g/mol. The number of carbonyl (C=O) groups excluding carboxylic acids is 1. The normalized spacial score (nSPS) is 17.6. The molecule has 0 spiro atoms. The highest BCUT2D eigenvalue weighted by Gasteiger charge is 2.29. The Kier molecular flexibility index (Phi) is 7.63. The van der Waals surface area contributed by atoms with E-state index in [9.17, 15) is 9.18 Å². The molecule has 3 aromatic carbocycles. The van der Waals surface area contributed by atoms with Gasteiger partial charge in [-0.25, -0.2) is 13.9 Å². The second-order valence-electron chi connectivity index (χ2n) is 10.2. The van der Waals surface area contributed by atoms with Gasteiger partial charge in [-0.05, 0) is 104 Å². The number of aromatic nitrogens is 2. The van der Waals surface area contributed by atoms with Crippen LogP contribution in [0.15, 0.2) is 66.7 Å². The summed E-state index contributed by atoms with van der Waals surface area (Å²) in [6.07, 6.45) is 7.68. The molecule has 1 N–H and O–H groups in total. The average molecular weight is 576 g/mol. The van der Waals surface area contributed by atoms with Gasteiger partial charge in [-0.15, -0.1) is 5.10 Å². The highest BCUT2D eigenvalue weighted by molar-refractivity contribution is 6.35. The Balaban J connectivity index is 1.39. The summed E-state index contributed by atoms with van der Waals surface area (Å²) < 4.78 is 21.3. The molecule has 8 heteroatoms. The molecule has 1 atom stereocenters. The molecule has 4 aromatic rings. The number of fused-ring (bicyclic) bond motifs is 2. The van der Waals surface area contributed by atoms with Gasteiger partial charge in [-0.2, -0.15) is 0 Å². The average Bonchev–Trinajstić information content (AvgIpc) is 3.14. The van der Waals surface area contributed by atoms with Gasteiger partial charge in [-0.3, -0.25) is 0 Å². The van der Waals surface area contributed by atoms with Crippen molar-refractivity contribution in [1.29, 1.82) is 0 Å². The zero-order chi connectivity index (χ0) is 27.6. The molecule has 6 rings (SSSR count). The first-order chi connectivity index (χ1) is 19.5. The molecule has 204 valence electrons. The highest BCUT2D eigenvalue weighted by atomic mass is 35.5. The number of ether oxygens (including phenoxy) is 1. The summed E-state index contributed by atoms with van der Waals surface area (Å²) in [6, 6.07) is 19.7. The van der Waals surface area contributed by atoms with E-state index in [1.54, 1.807) is 35.0 Å². The molecule has 40 heavy (non-hydrogen) atoms. The number of allylic oxidation sites excluding steroid dienone is 1. The van der Waals surface area contributed by atoms with Crippen molar-refractivity contribution in [2.24, 2.45) is 0 Å². The summed E-state index contributed by atoms with van der Waals surface area (Å²) >= 11 is 12.8. The number of rotatable bonds is 4. The number of hydrogen-bond donors (Lipinski definition) is 1. The zero-order valence-corrected chi connectivity index (χ0v) is 23.3. The third-order valence-corrected chi connectivity index (χ3v) is 8.11. The quantitative estimate of drug-likeness (QED) is 0.247. The van der Waals surface area contributed by atoms with Gasteiger partial charge in [0.1, 0.15) is 5.82 Å². The van der Waals surface area contributed by atoms with Gasteiger partial charge in [0.25, 0.3) is 0 Å². The third kappa shape index (κ3) is 5.51. The predicted molar refractivity (Wildman–Crippen MR) is 157 cm³/mol. The van der Waals surface area contributed by atoms with Crippen LogP contribution in [-0.4, -0.2) is 15.9 Å². The summed E-state index contributed by atoms with van der Waals surface area (Å²) in [5.41, 5.74) is 6.57. The van der Waals surface area contributed by atoms with Crippen molar-refractivity contribution in [2.45, 2.75) is 51.0 Å². The molecule has 5 nitrogen and oxygen atoms in total. The Labute approximate surface area is 242 Å². The number of hydrogen-bond acceptors (Lipinski definition) is 3. The Morgan fingerprint density at radius 2 is 1.80 bits per heavy atom. The van der Waals surface area contributed by atoms with Gasteiger partial charge < -0.3 is 10.1 Å². The molecule has 1 aromatic heterocycles. The van der Waals surface area contributed by atoms with Gasteiger partial charge in [0.15, 0.2) is 0 Å². The van der Waals surface area contributed by atoms with Gasteiger partial charge in [0.2, 0.25) is 5.88 Å². The number of halogens is 3. The van der Waals surface area contributed by atoms with E-state index in [4.69, 9.17) is 33.0 Å². The Morgan fingerprint density at radius 3 is 2.62 bits per heavy atom. The third-order valence-electron chi connectivity index (χ3n) is 7.57. The van der Waals surface area contributed by atoms with E-state index >= 15 is 0 Å². The lowest BCUT2D eigenvalue weighted by molar-refractivity contribution is 0.192. The maximum absolute atomic E-state index is 13.6. The first-order valence-electron chi connectivity index (χ1n) is 13.6. The van der Waals surface area contributed by atoms with Crippen molar-refractivity contribution >= 4 is 40.9 Å². The van der Waals surface area contributed by atoms with Gasteiger partial charge in [-0.1, -0.05) is 59.6 Å². The van der Waals surface area contributed by atoms with Crippen LogP contribution in [0.3, 0.4) is 0 Å². The lowest BCUT2D eigenvalue weighted by Gasteiger charge is -2.25. The number of nitrogens with zero attached hydrogens (tertiary/aromatic N) is 2. The standard InChI is InChI=1S/C32H28Cl2FN3O2/c33-23-14-17-29(27(34)19-23)38-30-22(18-20-12-15-24(35)16-13-20)7-2-4-10-26(30)31(37-38)40-32(39)36-28-11-5-8-21-6-1-3-9-25(21)28/h1,3,6,9,12-19,28H,2,4-5,7-8,10-11H2,(H,36,39)/b22-18+. The first kappa shape index (κ1) is 26.6. The van der Waals surface area contributed by atoms with Crippen LogP contribution < -0.4 is 10.1 Å². The van der Waals surface area contributed by atoms with Crippen molar-refractivity contribution in [3.63, 3.8) is 0 Å². The second kappa shape index (κ2) is 11.5. The van der Waals surface area contributed by atoms with Crippen LogP contribution >= 0.6 is 23.2 Å². The first-order valence-corrected chi connectivity index (χ1v) is 14.3. The van der Waals surface area contributed by atoms with Crippen molar-refractivity contribution in [3.8, 4) is 11.6 Å². The maximum Gasteiger partial charge on any atom is 0.414 e. The SMILES string of the molecule is O=C(NC1CCCc2ccccc21)Oc1nn(-c2ccc(Cl)cc2Cl)c2c1CCCC/C2=C\c1ccc(F)cc1. The number of benzene rings is 3. The summed E-state index contributed by atoms with van der Waals surface area (Å²) in [4.78, 5) is 13.2. The molecule has 0 aliphatic heterocycles. The molecule has 0 saturated carbocycles. The molecule has 0 saturated heterocycles. The van der Waals surface area contributed by atoms with Crippen molar-refractivity contribution in [2.75, 3.05) is 0 Å². The predicted octanol–water partition coefficient (Wildman–Crippen LogP) is 8.75. The van der Waals surface area contributed by atoms with Crippen LogP contribution in [0.5, 0.6) is 5.88 Å². The number of aryl methyl sites for hydroxylation is 1. The maximum atomic E-state index is 13.6. The summed E-state index contributed by atoms with van der Waals surface area (Å²) in [7, 11) is 0. The van der Waals surface area contributed by atoms with Crippen LogP contribution in [0.2, 0.25) is 10.0 Å². The molecule has 1 unspecified atom stereocenters. The lowest BCUT2D eigenvalue weighted by atomic mass is 9.88. The van der Waals surface area contributed by atoms with Gasteiger partial charge in [0.05, 0.1) is 22.4 Å². The number of amides is 1. The van der Waals surface area contributed by atoms with E-state index in [2.05, 4.69) is 17.4 Å². The van der Waals surface area contributed by atoms with Gasteiger partial charge >= 0.3 is 6.09 Å². The fourth-order valence-corrected chi connectivity index (χ4v) is 6.18. The Hall–Kier alpha value is -3.61. The van der Waals surface area contributed by atoms with E-state index in [0.29, 0.717) is 22.2 Å². The van der Waals surface area contributed by atoms with E-state index in [1.165, 1.54) is 17.7 Å². The fourth-order valence-electron chi connectivity index (χ4n) is 5.69. The molecule has 0 bridgehead atoms. The van der Waals surface area contributed by atoms with Crippen LogP contribution in [0, 0.1) is 5.82 Å². The number of carbonyl (C=O) groups is 1. The molecular formula is C32H28Cl2FN3O2. The molecule has 1 amide bonds. The lowest BCUT2D eigenvalue weighted by Crippen LogP contribution is -2.33. The Bertz CT molecular complexity index is 1600. The second-order valence-corrected chi connectivity index (χ2v) is 11.1. The van der Waals surface area contributed by atoms with Crippen LogP contribution in [-0.2, 0) is 12.8 Å². The van der Waals surface area contributed by atoms with E-state index in [-0.39, 0.29) is 17.7 Å². The molecule has 0 radical (unpaired) electrons. The summed E-state index contributed by atoms with van der Waals surface area (Å²) in [5.74, 6) is -0.0292. The van der Waals surface area contributed by atoms with Crippen LogP contribution in [0.4, 0.5) is 9.18 Å². The smallest absolute Gasteiger partial charge is 0.389 e. The number of nitrogens with one attached hydrogen (secondary N) is 1. The van der Waals surface area contributed by atoms with Crippen molar-refractivity contribution in [1.82, 2.24) is 15.1 Å². The zero-order valence-electron chi connectivity index (χ0n) is 21.8. The van der Waals surface area contributed by atoms with E-state index < -0.39 is 6.09 Å².